The van der Waals surface area contributed by atoms with E-state index < -0.39 is 0 Å². The Bertz CT molecular complexity index is 592. The van der Waals surface area contributed by atoms with Gasteiger partial charge in [0.1, 0.15) is 5.75 Å². The topological polar surface area (TPSA) is 21.7 Å². The van der Waals surface area contributed by atoms with Crippen LogP contribution in [-0.4, -0.2) is 30.9 Å². The van der Waals surface area contributed by atoms with E-state index >= 15 is 0 Å². The molecule has 0 N–H and O–H groups in total. The highest BCUT2D eigenvalue weighted by Gasteiger charge is 2.30. The maximum atomic E-state index is 6.26. The molecule has 0 spiro atoms. The maximum absolute atomic E-state index is 6.26. The summed E-state index contributed by atoms with van der Waals surface area (Å²) in [6.45, 7) is 11.7. The molecular weight excluding hydrogens is 322 g/mol. The van der Waals surface area contributed by atoms with Gasteiger partial charge in [0.05, 0.1) is 12.7 Å². The normalized spacial score (nSPS) is 25.0. The molecule has 3 nitrogen and oxygen atoms in total. The highest BCUT2D eigenvalue weighted by atomic mass is 16.7. The van der Waals surface area contributed by atoms with E-state index in [4.69, 9.17) is 9.57 Å². The third kappa shape index (κ3) is 5.11. The predicted octanol–water partition coefficient (Wildman–Crippen LogP) is 5.71. The van der Waals surface area contributed by atoms with Crippen LogP contribution in [0, 0.1) is 11.3 Å². The highest BCUT2D eigenvalue weighted by molar-refractivity contribution is 5.67. The summed E-state index contributed by atoms with van der Waals surface area (Å²) < 4.78 is 6.26. The lowest BCUT2D eigenvalue weighted by Crippen LogP contribution is -2.30. The molecule has 1 aromatic rings. The van der Waals surface area contributed by atoms with Crippen molar-refractivity contribution in [1.29, 1.82) is 0 Å². The minimum absolute atomic E-state index is 0.382. The third-order valence-electron chi connectivity index (χ3n) is 5.91. The van der Waals surface area contributed by atoms with Crippen LogP contribution in [0.15, 0.2) is 30.3 Å². The van der Waals surface area contributed by atoms with Gasteiger partial charge in [-0.15, -0.1) is 0 Å². The van der Waals surface area contributed by atoms with Crippen LogP contribution in [-0.2, 0) is 4.84 Å². The molecule has 1 fully saturated rings. The first-order chi connectivity index (χ1) is 12.5. The average molecular weight is 358 g/mol. The lowest BCUT2D eigenvalue weighted by atomic mass is 9.72. The molecule has 0 saturated heterocycles. The number of hydroxylamine groups is 2. The van der Waals surface area contributed by atoms with Gasteiger partial charge in [0.15, 0.2) is 0 Å². The second-order valence-electron chi connectivity index (χ2n) is 8.77. The molecule has 0 amide bonds. The fraction of sp³-hybridized carbons (Fsp3) is 0.652. The van der Waals surface area contributed by atoms with E-state index in [1.807, 2.05) is 12.0 Å². The fourth-order valence-corrected chi connectivity index (χ4v) is 4.20. The lowest BCUT2D eigenvalue weighted by Gasteiger charge is -2.37. The Morgan fingerprint density at radius 1 is 1.04 bits per heavy atom. The van der Waals surface area contributed by atoms with Crippen LogP contribution in [0.1, 0.15) is 65.4 Å². The minimum Gasteiger partial charge on any atom is -0.490 e. The second kappa shape index (κ2) is 8.58. The third-order valence-corrected chi connectivity index (χ3v) is 5.91. The van der Waals surface area contributed by atoms with Crippen LogP contribution in [0.4, 0.5) is 0 Å². The van der Waals surface area contributed by atoms with Crippen molar-refractivity contribution >= 4 is 5.57 Å². The van der Waals surface area contributed by atoms with Crippen LogP contribution in [0.25, 0.3) is 5.57 Å². The SMILES string of the molecule is CCON1CC=C(c2ccc(OC3CCC(C(C)(C)C)CC3)cc2)CC1. The number of nitrogens with zero attached hydrogens (tertiary/aromatic N) is 1. The minimum atomic E-state index is 0.382. The van der Waals surface area contributed by atoms with Crippen molar-refractivity contribution in [3.63, 3.8) is 0 Å². The smallest absolute Gasteiger partial charge is 0.119 e. The van der Waals surface area contributed by atoms with Crippen molar-refractivity contribution in [2.75, 3.05) is 19.7 Å². The van der Waals surface area contributed by atoms with Gasteiger partial charge in [-0.25, -0.2) is 0 Å². The van der Waals surface area contributed by atoms with Crippen LogP contribution in [0.3, 0.4) is 0 Å². The molecule has 0 aromatic heterocycles. The van der Waals surface area contributed by atoms with Crippen molar-refractivity contribution < 1.29 is 9.57 Å². The average Bonchev–Trinajstić information content (AvgIpc) is 2.63. The monoisotopic (exact) mass is 357 g/mol. The predicted molar refractivity (Wildman–Crippen MR) is 108 cm³/mol. The molecule has 1 aromatic carbocycles. The Labute approximate surface area is 159 Å². The molecule has 1 heterocycles. The molecule has 0 bridgehead atoms. The molecule has 3 rings (SSSR count). The molecule has 144 valence electrons. The fourth-order valence-electron chi connectivity index (χ4n) is 4.20. The van der Waals surface area contributed by atoms with Gasteiger partial charge in [-0.05, 0) is 73.6 Å². The van der Waals surface area contributed by atoms with Crippen LogP contribution in [0.5, 0.6) is 5.75 Å². The zero-order valence-electron chi connectivity index (χ0n) is 17.0. The first kappa shape index (κ1) is 19.4. The van der Waals surface area contributed by atoms with E-state index in [-0.39, 0.29) is 0 Å². The van der Waals surface area contributed by atoms with E-state index in [1.165, 1.54) is 36.8 Å². The number of hydrogen-bond acceptors (Lipinski definition) is 3. The Balaban J connectivity index is 1.51. The van der Waals surface area contributed by atoms with E-state index in [2.05, 4.69) is 51.1 Å². The zero-order chi connectivity index (χ0) is 18.6. The molecule has 3 heteroatoms. The highest BCUT2D eigenvalue weighted by Crippen LogP contribution is 2.38. The summed E-state index contributed by atoms with van der Waals surface area (Å²) in [5.41, 5.74) is 3.15. The molecular formula is C23H35NO2. The van der Waals surface area contributed by atoms with E-state index in [0.29, 0.717) is 11.5 Å². The van der Waals surface area contributed by atoms with Crippen molar-refractivity contribution in [3.05, 3.63) is 35.9 Å². The van der Waals surface area contributed by atoms with Crippen molar-refractivity contribution in [2.45, 2.75) is 65.9 Å². The summed E-state index contributed by atoms with van der Waals surface area (Å²) in [7, 11) is 0. The molecule has 0 radical (unpaired) electrons. The Morgan fingerprint density at radius 3 is 2.27 bits per heavy atom. The number of hydrogen-bond donors (Lipinski definition) is 0. The summed E-state index contributed by atoms with van der Waals surface area (Å²) in [5.74, 6) is 1.85. The Hall–Kier alpha value is -1.32. The van der Waals surface area contributed by atoms with Gasteiger partial charge in [0.25, 0.3) is 0 Å². The van der Waals surface area contributed by atoms with Crippen LogP contribution in [0.2, 0.25) is 0 Å². The van der Waals surface area contributed by atoms with Gasteiger partial charge in [-0.2, -0.15) is 5.06 Å². The van der Waals surface area contributed by atoms with Crippen molar-refractivity contribution in [2.24, 2.45) is 11.3 Å². The largest absolute Gasteiger partial charge is 0.490 e. The first-order valence-electron chi connectivity index (χ1n) is 10.3. The molecule has 1 aliphatic carbocycles. The molecule has 0 atom stereocenters. The summed E-state index contributed by atoms with van der Waals surface area (Å²) in [6, 6.07) is 8.69. The van der Waals surface area contributed by atoms with Crippen LogP contribution >= 0.6 is 0 Å². The number of benzene rings is 1. The standard InChI is InChI=1S/C23H35NO2/c1-5-25-24-16-14-19(15-17-24)18-6-10-21(11-7-18)26-22-12-8-20(9-13-22)23(2,3)4/h6-7,10-11,14,20,22H,5,8-9,12-13,15-17H2,1-4H3. The first-order valence-corrected chi connectivity index (χ1v) is 10.3. The number of rotatable bonds is 5. The van der Waals surface area contributed by atoms with E-state index in [9.17, 15) is 0 Å². The summed E-state index contributed by atoms with van der Waals surface area (Å²) in [4.78, 5) is 5.57. The van der Waals surface area contributed by atoms with Gasteiger partial charge in [-0.3, -0.25) is 4.84 Å². The molecule has 0 unspecified atom stereocenters. The Morgan fingerprint density at radius 2 is 1.73 bits per heavy atom. The van der Waals surface area contributed by atoms with Gasteiger partial charge in [0, 0.05) is 13.1 Å². The quantitative estimate of drug-likeness (QED) is 0.673. The second-order valence-corrected chi connectivity index (χ2v) is 8.77. The lowest BCUT2D eigenvalue weighted by molar-refractivity contribution is -0.147. The summed E-state index contributed by atoms with van der Waals surface area (Å²) in [6.07, 6.45) is 8.64. The summed E-state index contributed by atoms with van der Waals surface area (Å²) in [5, 5.41) is 2.04. The molecule has 26 heavy (non-hydrogen) atoms. The molecule has 1 saturated carbocycles. The molecule has 2 aliphatic rings. The van der Waals surface area contributed by atoms with Gasteiger partial charge in [0.2, 0.25) is 0 Å². The van der Waals surface area contributed by atoms with E-state index in [0.717, 1.165) is 37.8 Å². The number of ether oxygens (including phenoxy) is 1. The molecule has 1 aliphatic heterocycles. The van der Waals surface area contributed by atoms with Crippen LogP contribution < -0.4 is 4.74 Å². The summed E-state index contributed by atoms with van der Waals surface area (Å²) >= 11 is 0. The van der Waals surface area contributed by atoms with E-state index in [1.54, 1.807) is 0 Å². The maximum Gasteiger partial charge on any atom is 0.119 e. The van der Waals surface area contributed by atoms with Gasteiger partial charge < -0.3 is 4.74 Å². The van der Waals surface area contributed by atoms with Crippen molar-refractivity contribution in [3.8, 4) is 5.75 Å². The van der Waals surface area contributed by atoms with Gasteiger partial charge >= 0.3 is 0 Å². The Kier molecular flexibility index (Phi) is 6.42. The van der Waals surface area contributed by atoms with Gasteiger partial charge in [-0.1, -0.05) is 39.0 Å². The zero-order valence-corrected chi connectivity index (χ0v) is 17.0. The van der Waals surface area contributed by atoms with Crippen molar-refractivity contribution in [1.82, 2.24) is 5.06 Å².